The van der Waals surface area contributed by atoms with Crippen LogP contribution in [0.15, 0.2) is 52.9 Å². The van der Waals surface area contributed by atoms with Gasteiger partial charge in [0, 0.05) is 12.5 Å². The van der Waals surface area contributed by atoms with E-state index in [0.29, 0.717) is 23.2 Å². The van der Waals surface area contributed by atoms with Crippen molar-refractivity contribution >= 4 is 11.6 Å². The fourth-order valence-corrected chi connectivity index (χ4v) is 2.19. The van der Waals surface area contributed by atoms with Gasteiger partial charge in [0.2, 0.25) is 11.8 Å². The molecule has 0 atom stereocenters. The second-order valence-corrected chi connectivity index (χ2v) is 5.20. The minimum Gasteiger partial charge on any atom is -0.497 e. The molecular formula is C18H17N3O4. The largest absolute Gasteiger partial charge is 0.497 e. The van der Waals surface area contributed by atoms with E-state index in [4.69, 9.17) is 13.9 Å². The first-order valence-corrected chi connectivity index (χ1v) is 7.62. The molecule has 0 saturated heterocycles. The summed E-state index contributed by atoms with van der Waals surface area (Å²) in [6.45, 7) is 1.54. The molecule has 2 aromatic carbocycles. The number of anilines is 1. The molecule has 1 amide bonds. The average Bonchev–Trinajstić information content (AvgIpc) is 3.09. The monoisotopic (exact) mass is 339 g/mol. The summed E-state index contributed by atoms with van der Waals surface area (Å²) in [5, 5.41) is 10.7. The van der Waals surface area contributed by atoms with Crippen molar-refractivity contribution in [1.29, 1.82) is 0 Å². The summed E-state index contributed by atoms with van der Waals surface area (Å²) in [5.41, 5.74) is 1.38. The number of amides is 1. The Morgan fingerprint density at radius 1 is 1.12 bits per heavy atom. The van der Waals surface area contributed by atoms with Crippen molar-refractivity contribution in [1.82, 2.24) is 10.2 Å². The van der Waals surface area contributed by atoms with Gasteiger partial charge in [-0.2, -0.15) is 0 Å². The maximum absolute atomic E-state index is 11.2. The van der Waals surface area contributed by atoms with Gasteiger partial charge in [-0.1, -0.05) is 12.1 Å². The molecule has 1 heterocycles. The molecule has 0 bridgehead atoms. The number of nitrogens with zero attached hydrogens (tertiary/aromatic N) is 2. The number of carbonyl (C=O) groups excluding carboxylic acids is 1. The Morgan fingerprint density at radius 3 is 2.60 bits per heavy atom. The molecule has 25 heavy (non-hydrogen) atoms. The third-order valence-electron chi connectivity index (χ3n) is 3.35. The molecule has 7 nitrogen and oxygen atoms in total. The SMILES string of the molecule is COc1ccc(-c2nnc(COc3ccccc3NC(C)=O)o2)cc1. The molecule has 1 aromatic heterocycles. The summed E-state index contributed by atoms with van der Waals surface area (Å²) in [7, 11) is 1.61. The van der Waals surface area contributed by atoms with Gasteiger partial charge < -0.3 is 19.2 Å². The van der Waals surface area contributed by atoms with Crippen LogP contribution in [0.3, 0.4) is 0 Å². The number of benzene rings is 2. The van der Waals surface area contributed by atoms with E-state index < -0.39 is 0 Å². The lowest BCUT2D eigenvalue weighted by atomic mass is 10.2. The summed E-state index contributed by atoms with van der Waals surface area (Å²) >= 11 is 0. The quantitative estimate of drug-likeness (QED) is 0.741. The highest BCUT2D eigenvalue weighted by Gasteiger charge is 2.11. The predicted octanol–water partition coefficient (Wildman–Crippen LogP) is 3.28. The minimum atomic E-state index is -0.171. The minimum absolute atomic E-state index is 0.0970. The van der Waals surface area contributed by atoms with Crippen LogP contribution in [0.1, 0.15) is 12.8 Å². The van der Waals surface area contributed by atoms with Crippen LogP contribution in [0, 0.1) is 0 Å². The molecule has 0 spiro atoms. The summed E-state index contributed by atoms with van der Waals surface area (Å²) in [6, 6.07) is 14.5. The molecular weight excluding hydrogens is 322 g/mol. The van der Waals surface area contributed by atoms with Crippen LogP contribution in [0.25, 0.3) is 11.5 Å². The number of ether oxygens (including phenoxy) is 2. The highest BCUT2D eigenvalue weighted by Crippen LogP contribution is 2.25. The Hall–Kier alpha value is -3.35. The molecule has 7 heteroatoms. The fraction of sp³-hybridized carbons (Fsp3) is 0.167. The Kier molecular flexibility index (Phi) is 4.94. The van der Waals surface area contributed by atoms with E-state index in [2.05, 4.69) is 15.5 Å². The van der Waals surface area contributed by atoms with Crippen LogP contribution in [-0.2, 0) is 11.4 Å². The average molecular weight is 339 g/mol. The summed E-state index contributed by atoms with van der Waals surface area (Å²) in [4.78, 5) is 11.2. The van der Waals surface area contributed by atoms with E-state index in [1.807, 2.05) is 36.4 Å². The van der Waals surface area contributed by atoms with Crippen molar-refractivity contribution < 1.29 is 18.7 Å². The van der Waals surface area contributed by atoms with Crippen molar-refractivity contribution in [3.63, 3.8) is 0 Å². The molecule has 0 unspecified atom stereocenters. The summed E-state index contributed by atoms with van der Waals surface area (Å²) in [5.74, 6) is 1.85. The van der Waals surface area contributed by atoms with Gasteiger partial charge in [0.1, 0.15) is 11.5 Å². The molecule has 0 aliphatic heterocycles. The van der Waals surface area contributed by atoms with E-state index in [1.165, 1.54) is 6.92 Å². The standard InChI is InChI=1S/C18H17N3O4/c1-12(22)19-15-5-3-4-6-16(15)24-11-17-20-21-18(25-17)13-7-9-14(23-2)10-8-13/h3-10H,11H2,1-2H3,(H,19,22). The van der Waals surface area contributed by atoms with Gasteiger partial charge in [-0.15, -0.1) is 10.2 Å². The smallest absolute Gasteiger partial charge is 0.254 e. The van der Waals surface area contributed by atoms with Crippen LogP contribution in [0.2, 0.25) is 0 Å². The molecule has 0 radical (unpaired) electrons. The van der Waals surface area contributed by atoms with Gasteiger partial charge in [-0.25, -0.2) is 0 Å². The molecule has 0 aliphatic carbocycles. The van der Waals surface area contributed by atoms with Crippen LogP contribution < -0.4 is 14.8 Å². The first-order valence-electron chi connectivity index (χ1n) is 7.62. The Morgan fingerprint density at radius 2 is 1.88 bits per heavy atom. The number of nitrogens with one attached hydrogen (secondary N) is 1. The number of hydrogen-bond acceptors (Lipinski definition) is 6. The van der Waals surface area contributed by atoms with Crippen molar-refractivity contribution in [2.75, 3.05) is 12.4 Å². The van der Waals surface area contributed by atoms with Gasteiger partial charge >= 0.3 is 0 Å². The highest BCUT2D eigenvalue weighted by atomic mass is 16.5. The van der Waals surface area contributed by atoms with Crippen LogP contribution in [0.4, 0.5) is 5.69 Å². The highest BCUT2D eigenvalue weighted by molar-refractivity contribution is 5.90. The van der Waals surface area contributed by atoms with Gasteiger partial charge in [-0.3, -0.25) is 4.79 Å². The Bertz CT molecular complexity index is 859. The maximum Gasteiger partial charge on any atom is 0.254 e. The molecule has 128 valence electrons. The number of methoxy groups -OCH3 is 1. The van der Waals surface area contributed by atoms with Gasteiger partial charge in [0.25, 0.3) is 5.89 Å². The zero-order valence-electron chi connectivity index (χ0n) is 13.9. The van der Waals surface area contributed by atoms with Crippen molar-refractivity contribution in [3.05, 3.63) is 54.4 Å². The zero-order valence-corrected chi connectivity index (χ0v) is 13.9. The number of hydrogen-bond donors (Lipinski definition) is 1. The van der Waals surface area contributed by atoms with E-state index in [1.54, 1.807) is 19.2 Å². The lowest BCUT2D eigenvalue weighted by molar-refractivity contribution is -0.114. The normalized spacial score (nSPS) is 10.3. The van der Waals surface area contributed by atoms with E-state index in [0.717, 1.165) is 11.3 Å². The molecule has 3 aromatic rings. The summed E-state index contributed by atoms with van der Waals surface area (Å²) in [6.07, 6.45) is 0. The Labute approximate surface area is 144 Å². The van der Waals surface area contributed by atoms with Gasteiger partial charge in [0.05, 0.1) is 12.8 Å². The molecule has 3 rings (SSSR count). The lowest BCUT2D eigenvalue weighted by Gasteiger charge is -2.09. The van der Waals surface area contributed by atoms with E-state index in [9.17, 15) is 4.79 Å². The fourth-order valence-electron chi connectivity index (χ4n) is 2.19. The van der Waals surface area contributed by atoms with Crippen LogP contribution >= 0.6 is 0 Å². The first-order chi connectivity index (χ1) is 12.2. The maximum atomic E-state index is 11.2. The van der Waals surface area contributed by atoms with Crippen molar-refractivity contribution in [2.45, 2.75) is 13.5 Å². The molecule has 0 saturated carbocycles. The summed E-state index contributed by atoms with van der Waals surface area (Å²) < 4.78 is 16.4. The molecule has 0 fully saturated rings. The Balaban J connectivity index is 1.69. The topological polar surface area (TPSA) is 86.5 Å². The predicted molar refractivity (Wildman–Crippen MR) is 91.4 cm³/mol. The second kappa shape index (κ2) is 7.48. The van der Waals surface area contributed by atoms with E-state index >= 15 is 0 Å². The van der Waals surface area contributed by atoms with Crippen LogP contribution in [-0.4, -0.2) is 23.2 Å². The third kappa shape index (κ3) is 4.14. The van der Waals surface area contributed by atoms with Gasteiger partial charge in [-0.05, 0) is 36.4 Å². The van der Waals surface area contributed by atoms with Crippen molar-refractivity contribution in [3.8, 4) is 23.0 Å². The second-order valence-electron chi connectivity index (χ2n) is 5.20. The third-order valence-corrected chi connectivity index (χ3v) is 3.35. The van der Waals surface area contributed by atoms with E-state index in [-0.39, 0.29) is 12.5 Å². The van der Waals surface area contributed by atoms with Crippen molar-refractivity contribution in [2.24, 2.45) is 0 Å². The molecule has 0 aliphatic rings. The first kappa shape index (κ1) is 16.5. The zero-order chi connectivity index (χ0) is 17.6. The van der Waals surface area contributed by atoms with Crippen LogP contribution in [0.5, 0.6) is 11.5 Å². The number of para-hydroxylation sites is 2. The number of carbonyl (C=O) groups is 1. The van der Waals surface area contributed by atoms with Gasteiger partial charge in [0.15, 0.2) is 6.61 Å². The lowest BCUT2D eigenvalue weighted by Crippen LogP contribution is -2.07. The number of aromatic nitrogens is 2. The molecule has 1 N–H and O–H groups in total. The number of rotatable bonds is 6.